The fourth-order valence-corrected chi connectivity index (χ4v) is 5.28. The largest absolute Gasteiger partial charge is 0.507 e. The van der Waals surface area contributed by atoms with Crippen molar-refractivity contribution in [1.82, 2.24) is 20.2 Å². The number of phenolic OH excluding ortho intramolecular Hbond substituents is 1. The fraction of sp³-hybridized carbons (Fsp3) is 0.440. The van der Waals surface area contributed by atoms with Gasteiger partial charge in [-0.3, -0.25) is 4.98 Å². The Hall–Kier alpha value is -3.00. The molecule has 0 saturated heterocycles. The molecule has 1 aliphatic carbocycles. The Morgan fingerprint density at radius 3 is 2.70 bits per heavy atom. The summed E-state index contributed by atoms with van der Waals surface area (Å²) in [4.78, 5) is 8.42. The van der Waals surface area contributed by atoms with Crippen LogP contribution in [0.1, 0.15) is 45.4 Å². The number of alkyl halides is 2. The third kappa shape index (κ3) is 4.44. The second-order valence-electron chi connectivity index (χ2n) is 9.19. The zero-order valence-electron chi connectivity index (χ0n) is 19.1. The first kappa shape index (κ1) is 23.2. The molecule has 8 heteroatoms. The molecule has 1 fully saturated rings. The number of fused-ring (bicyclic) bond motifs is 1. The highest BCUT2D eigenvalue weighted by Gasteiger charge is 2.54. The van der Waals surface area contributed by atoms with Crippen LogP contribution in [0.5, 0.6) is 5.75 Å². The van der Waals surface area contributed by atoms with Crippen molar-refractivity contribution in [3.63, 3.8) is 0 Å². The molecule has 33 heavy (non-hydrogen) atoms. The zero-order valence-corrected chi connectivity index (χ0v) is 19.1. The van der Waals surface area contributed by atoms with Crippen molar-refractivity contribution in [2.24, 2.45) is 11.3 Å². The molecule has 0 amide bonds. The van der Waals surface area contributed by atoms with E-state index in [1.165, 1.54) is 6.20 Å². The summed E-state index contributed by atoms with van der Waals surface area (Å²) in [5, 5.41) is 20.5. The van der Waals surface area contributed by atoms with Crippen LogP contribution in [0, 0.1) is 11.3 Å². The summed E-state index contributed by atoms with van der Waals surface area (Å²) in [6.45, 7) is 7.91. The zero-order chi connectivity index (χ0) is 23.8. The Kier molecular flexibility index (Phi) is 6.14. The lowest BCUT2D eigenvalue weighted by molar-refractivity contribution is -0.157. The summed E-state index contributed by atoms with van der Waals surface area (Å²) < 4.78 is 35.2. The first-order valence-corrected chi connectivity index (χ1v) is 11.0. The normalized spacial score (nSPS) is 24.6. The number of hydrogen-bond acceptors (Lipinski definition) is 6. The monoisotopic (exact) mass is 454 g/mol. The summed E-state index contributed by atoms with van der Waals surface area (Å²) in [5.74, 6) is -3.23. The van der Waals surface area contributed by atoms with Crippen LogP contribution < -0.4 is 0 Å². The smallest absolute Gasteiger partial charge is 0.249 e. The third-order valence-electron chi connectivity index (χ3n) is 6.64. The van der Waals surface area contributed by atoms with Gasteiger partial charge in [0.2, 0.25) is 5.92 Å². The van der Waals surface area contributed by atoms with Crippen LogP contribution in [0.25, 0.3) is 27.6 Å². The van der Waals surface area contributed by atoms with Gasteiger partial charge >= 0.3 is 0 Å². The van der Waals surface area contributed by atoms with E-state index in [0.29, 0.717) is 23.3 Å². The molecular formula is C25H28F2N4O2. The standard InChI is InChI=1S/C25H28F2N4O2/c1-5-7-24(3)14-25(26,27)11-19(22(24)33-4)15(2)23-29-13-20(30-31-23)18-9-16-6-8-28-12-17(16)10-21(18)32/h6,8-10,12-13,19,22,32H,2,5,7,11,14H2,1,3-4H3/t19-,22-,24-/m1/s1. The number of aromatic hydroxyl groups is 1. The maximum absolute atomic E-state index is 14.7. The van der Waals surface area contributed by atoms with Crippen LogP contribution in [0.3, 0.4) is 0 Å². The topological polar surface area (TPSA) is 81.0 Å². The number of phenols is 1. The molecule has 0 unspecified atom stereocenters. The molecule has 1 saturated carbocycles. The first-order chi connectivity index (χ1) is 15.7. The van der Waals surface area contributed by atoms with Gasteiger partial charge in [-0.05, 0) is 35.6 Å². The van der Waals surface area contributed by atoms with Gasteiger partial charge in [0.15, 0.2) is 5.82 Å². The molecule has 3 aromatic rings. The molecule has 2 aromatic heterocycles. The Morgan fingerprint density at radius 1 is 1.24 bits per heavy atom. The molecule has 1 aliphatic rings. The van der Waals surface area contributed by atoms with Crippen molar-refractivity contribution in [1.29, 1.82) is 0 Å². The first-order valence-electron chi connectivity index (χ1n) is 11.0. The molecule has 1 N–H and O–H groups in total. The van der Waals surface area contributed by atoms with Gasteiger partial charge in [0, 0.05) is 54.6 Å². The van der Waals surface area contributed by atoms with E-state index in [0.717, 1.165) is 17.2 Å². The number of rotatable bonds is 6. The minimum absolute atomic E-state index is 0.0277. The van der Waals surface area contributed by atoms with Crippen molar-refractivity contribution in [3.05, 3.63) is 49.2 Å². The maximum Gasteiger partial charge on any atom is 0.249 e. The highest BCUT2D eigenvalue weighted by atomic mass is 19.3. The number of benzene rings is 1. The van der Waals surface area contributed by atoms with Crippen molar-refractivity contribution < 1.29 is 18.6 Å². The minimum atomic E-state index is -2.83. The molecule has 4 rings (SSSR count). The molecule has 174 valence electrons. The van der Waals surface area contributed by atoms with E-state index in [2.05, 4.69) is 26.7 Å². The van der Waals surface area contributed by atoms with Crippen molar-refractivity contribution in [3.8, 4) is 17.0 Å². The van der Waals surface area contributed by atoms with Gasteiger partial charge in [0.05, 0.1) is 12.3 Å². The van der Waals surface area contributed by atoms with E-state index < -0.39 is 23.4 Å². The van der Waals surface area contributed by atoms with E-state index in [9.17, 15) is 13.9 Å². The Balaban J connectivity index is 1.65. The van der Waals surface area contributed by atoms with Crippen LogP contribution in [-0.4, -0.2) is 44.4 Å². The minimum Gasteiger partial charge on any atom is -0.507 e. The van der Waals surface area contributed by atoms with Crippen LogP contribution in [0.4, 0.5) is 8.78 Å². The summed E-state index contributed by atoms with van der Waals surface area (Å²) in [6.07, 6.45) is 5.20. The van der Waals surface area contributed by atoms with Crippen LogP contribution >= 0.6 is 0 Å². The summed E-state index contributed by atoms with van der Waals surface area (Å²) in [7, 11) is 1.56. The maximum atomic E-state index is 14.7. The molecule has 3 atom stereocenters. The Bertz CT molecular complexity index is 1170. The molecule has 6 nitrogen and oxygen atoms in total. The van der Waals surface area contributed by atoms with Crippen molar-refractivity contribution >= 4 is 16.3 Å². The molecule has 0 aliphatic heterocycles. The quantitative estimate of drug-likeness (QED) is 0.517. The summed E-state index contributed by atoms with van der Waals surface area (Å²) >= 11 is 0. The van der Waals surface area contributed by atoms with Gasteiger partial charge in [-0.15, -0.1) is 10.2 Å². The van der Waals surface area contributed by atoms with Gasteiger partial charge in [-0.1, -0.05) is 26.8 Å². The number of pyridine rings is 1. The molecule has 1 aromatic carbocycles. The van der Waals surface area contributed by atoms with Crippen LogP contribution in [0.2, 0.25) is 0 Å². The van der Waals surface area contributed by atoms with Crippen LogP contribution in [0.15, 0.2) is 43.4 Å². The van der Waals surface area contributed by atoms with E-state index in [-0.39, 0.29) is 24.4 Å². The van der Waals surface area contributed by atoms with E-state index in [4.69, 9.17) is 4.74 Å². The lowest BCUT2D eigenvalue weighted by Crippen LogP contribution is -2.50. The number of nitrogens with zero attached hydrogens (tertiary/aromatic N) is 4. The molecule has 2 heterocycles. The number of halogens is 2. The molecule has 0 bridgehead atoms. The Labute approximate surface area is 191 Å². The fourth-order valence-electron chi connectivity index (χ4n) is 5.28. The number of ether oxygens (including phenoxy) is 1. The van der Waals surface area contributed by atoms with E-state index >= 15 is 0 Å². The molecule has 0 spiro atoms. The van der Waals surface area contributed by atoms with Gasteiger partial charge in [-0.2, -0.15) is 0 Å². The Morgan fingerprint density at radius 2 is 2.03 bits per heavy atom. The second kappa shape index (κ2) is 8.74. The van der Waals surface area contributed by atoms with Crippen molar-refractivity contribution in [2.45, 2.75) is 51.6 Å². The number of aromatic nitrogens is 4. The average Bonchev–Trinajstić information content (AvgIpc) is 2.77. The van der Waals surface area contributed by atoms with Crippen molar-refractivity contribution in [2.75, 3.05) is 7.11 Å². The van der Waals surface area contributed by atoms with E-state index in [1.54, 1.807) is 31.6 Å². The number of hydrogen-bond donors (Lipinski definition) is 1. The number of methoxy groups -OCH3 is 1. The summed E-state index contributed by atoms with van der Waals surface area (Å²) in [6, 6.07) is 5.22. The SMILES string of the molecule is C=C(c1ncc(-c2cc3ccncc3cc2O)nn1)[C@H]1CC(F)(F)C[C@@](C)(CCC)[C@@H]1OC. The average molecular weight is 455 g/mol. The van der Waals surface area contributed by atoms with Crippen LogP contribution in [-0.2, 0) is 4.74 Å². The van der Waals surface area contributed by atoms with E-state index in [1.807, 2.05) is 19.9 Å². The van der Waals surface area contributed by atoms with Gasteiger partial charge in [-0.25, -0.2) is 13.8 Å². The van der Waals surface area contributed by atoms with Gasteiger partial charge in [0.25, 0.3) is 0 Å². The lowest BCUT2D eigenvalue weighted by Gasteiger charge is -2.48. The molecule has 0 radical (unpaired) electrons. The second-order valence-corrected chi connectivity index (χ2v) is 9.19. The lowest BCUT2D eigenvalue weighted by atomic mass is 9.63. The summed E-state index contributed by atoms with van der Waals surface area (Å²) in [5.41, 5.74) is 0.547. The molecular weight excluding hydrogens is 426 g/mol. The highest BCUT2D eigenvalue weighted by molar-refractivity contribution is 5.89. The third-order valence-corrected chi connectivity index (χ3v) is 6.64. The van der Waals surface area contributed by atoms with Gasteiger partial charge < -0.3 is 9.84 Å². The van der Waals surface area contributed by atoms with Gasteiger partial charge in [0.1, 0.15) is 11.4 Å². The predicted molar refractivity (Wildman–Crippen MR) is 123 cm³/mol. The highest BCUT2D eigenvalue weighted by Crippen LogP contribution is 2.53. The predicted octanol–water partition coefficient (Wildman–Crippen LogP) is 5.67.